The van der Waals surface area contributed by atoms with Gasteiger partial charge in [-0.3, -0.25) is 9.59 Å². The molecule has 6 heteroatoms. The van der Waals surface area contributed by atoms with Crippen molar-refractivity contribution in [3.8, 4) is 0 Å². The van der Waals surface area contributed by atoms with E-state index in [1.807, 2.05) is 24.3 Å². The van der Waals surface area contributed by atoms with Gasteiger partial charge in [-0.2, -0.15) is 0 Å². The van der Waals surface area contributed by atoms with E-state index in [0.717, 1.165) is 23.0 Å². The molecule has 0 spiro atoms. The third-order valence-corrected chi connectivity index (χ3v) is 3.33. The summed E-state index contributed by atoms with van der Waals surface area (Å²) in [6.07, 6.45) is 2.09. The van der Waals surface area contributed by atoms with Crippen LogP contribution >= 0.6 is 15.9 Å². The summed E-state index contributed by atoms with van der Waals surface area (Å²) in [6, 6.07) is 6.95. The number of rotatable bonds is 6. The number of benzene rings is 1. The molecule has 1 fully saturated rings. The Morgan fingerprint density at radius 2 is 2.16 bits per heavy atom. The maximum absolute atomic E-state index is 11.7. The highest BCUT2D eigenvalue weighted by molar-refractivity contribution is 9.10. The van der Waals surface area contributed by atoms with E-state index in [1.54, 1.807) is 0 Å². The predicted molar refractivity (Wildman–Crippen MR) is 76.5 cm³/mol. The first-order valence-electron chi connectivity index (χ1n) is 6.15. The molecule has 19 heavy (non-hydrogen) atoms. The van der Waals surface area contributed by atoms with Crippen molar-refractivity contribution in [2.24, 2.45) is 5.73 Å². The first kappa shape index (κ1) is 13.9. The first-order chi connectivity index (χ1) is 9.04. The fourth-order valence-electron chi connectivity index (χ4n) is 1.70. The largest absolute Gasteiger partial charge is 0.373 e. The molecule has 2 rings (SSSR count). The zero-order valence-corrected chi connectivity index (χ0v) is 11.9. The van der Waals surface area contributed by atoms with Crippen LogP contribution in [-0.2, 0) is 9.59 Å². The molecule has 0 heterocycles. The van der Waals surface area contributed by atoms with Crippen molar-refractivity contribution in [1.29, 1.82) is 0 Å². The highest BCUT2D eigenvalue weighted by atomic mass is 79.9. The van der Waals surface area contributed by atoms with Crippen LogP contribution in [0.2, 0.25) is 0 Å². The fourth-order valence-corrected chi connectivity index (χ4v) is 2.10. The highest BCUT2D eigenvalue weighted by Gasteiger charge is 2.26. The van der Waals surface area contributed by atoms with Gasteiger partial charge >= 0.3 is 0 Å². The molecule has 1 aliphatic carbocycles. The Bertz CT molecular complexity index is 489. The molecule has 102 valence electrons. The van der Waals surface area contributed by atoms with E-state index in [4.69, 9.17) is 5.73 Å². The molecule has 1 aromatic carbocycles. The van der Waals surface area contributed by atoms with Gasteiger partial charge in [-0.1, -0.05) is 22.0 Å². The topological polar surface area (TPSA) is 84.2 Å². The van der Waals surface area contributed by atoms with E-state index < -0.39 is 11.9 Å². The zero-order valence-electron chi connectivity index (χ0n) is 10.4. The normalized spacial score (nSPS) is 15.6. The van der Waals surface area contributed by atoms with Gasteiger partial charge in [-0.05, 0) is 31.0 Å². The van der Waals surface area contributed by atoms with Crippen LogP contribution in [-0.4, -0.2) is 23.9 Å². The van der Waals surface area contributed by atoms with Crippen molar-refractivity contribution in [1.82, 2.24) is 5.32 Å². The predicted octanol–water partition coefficient (Wildman–Crippen LogP) is 1.38. The molecule has 0 bridgehead atoms. The first-order valence-corrected chi connectivity index (χ1v) is 6.94. The summed E-state index contributed by atoms with van der Waals surface area (Å²) in [5, 5.41) is 5.82. The number of anilines is 1. The quantitative estimate of drug-likeness (QED) is 0.738. The van der Waals surface area contributed by atoms with Crippen LogP contribution in [0.15, 0.2) is 28.7 Å². The number of halogens is 1. The minimum absolute atomic E-state index is 0.0539. The number of nitrogens with one attached hydrogen (secondary N) is 2. The van der Waals surface area contributed by atoms with E-state index in [1.165, 1.54) is 0 Å². The van der Waals surface area contributed by atoms with Gasteiger partial charge in [0.05, 0.1) is 6.42 Å². The van der Waals surface area contributed by atoms with E-state index in [2.05, 4.69) is 26.6 Å². The summed E-state index contributed by atoms with van der Waals surface area (Å²) in [5.41, 5.74) is 6.07. The van der Waals surface area contributed by atoms with Crippen molar-refractivity contribution in [3.05, 3.63) is 28.7 Å². The summed E-state index contributed by atoms with van der Waals surface area (Å²) in [6.45, 7) is 0. The van der Waals surface area contributed by atoms with Gasteiger partial charge in [0.1, 0.15) is 6.04 Å². The van der Waals surface area contributed by atoms with Crippen LogP contribution < -0.4 is 16.4 Å². The van der Waals surface area contributed by atoms with Crippen LogP contribution in [0.4, 0.5) is 5.69 Å². The molecule has 0 saturated heterocycles. The molecule has 1 saturated carbocycles. The molecule has 1 aliphatic rings. The molecule has 1 atom stereocenters. The number of hydrogen-bond donors (Lipinski definition) is 3. The Labute approximate surface area is 120 Å². The summed E-state index contributed by atoms with van der Waals surface area (Å²) >= 11 is 3.35. The third-order valence-electron chi connectivity index (χ3n) is 2.84. The molecule has 2 amide bonds. The number of carbonyl (C=O) groups excluding carboxylic acids is 2. The zero-order chi connectivity index (χ0) is 13.8. The SMILES string of the molecule is NC(=O)C(CC(=O)NC1CC1)Nc1cccc(Br)c1. The molecular weight excluding hydrogens is 310 g/mol. The second kappa shape index (κ2) is 6.06. The van der Waals surface area contributed by atoms with Gasteiger partial charge in [-0.25, -0.2) is 0 Å². The maximum atomic E-state index is 11.7. The molecule has 1 unspecified atom stereocenters. The van der Waals surface area contributed by atoms with Gasteiger partial charge < -0.3 is 16.4 Å². The van der Waals surface area contributed by atoms with Gasteiger partial charge in [-0.15, -0.1) is 0 Å². The lowest BCUT2D eigenvalue weighted by Gasteiger charge is -2.16. The average Bonchev–Trinajstić information content (AvgIpc) is 3.12. The summed E-state index contributed by atoms with van der Waals surface area (Å²) in [4.78, 5) is 23.1. The number of primary amides is 1. The van der Waals surface area contributed by atoms with Crippen molar-refractivity contribution in [2.75, 3.05) is 5.32 Å². The summed E-state index contributed by atoms with van der Waals surface area (Å²) < 4.78 is 0.892. The second-order valence-corrected chi connectivity index (χ2v) is 5.57. The van der Waals surface area contributed by atoms with Crippen molar-refractivity contribution in [2.45, 2.75) is 31.3 Å². The molecule has 0 aromatic heterocycles. The molecular formula is C13H16BrN3O2. The Kier molecular flexibility index (Phi) is 4.42. The standard InChI is InChI=1S/C13H16BrN3O2/c14-8-2-1-3-10(6-8)16-11(13(15)19)7-12(18)17-9-4-5-9/h1-3,6,9,11,16H,4-5,7H2,(H2,15,19)(H,17,18). The molecule has 0 aliphatic heterocycles. The molecule has 5 nitrogen and oxygen atoms in total. The van der Waals surface area contributed by atoms with Crippen LogP contribution in [0.5, 0.6) is 0 Å². The van der Waals surface area contributed by atoms with Crippen LogP contribution in [0.3, 0.4) is 0 Å². The van der Waals surface area contributed by atoms with Crippen molar-refractivity contribution >= 4 is 33.4 Å². The van der Waals surface area contributed by atoms with Crippen LogP contribution in [0, 0.1) is 0 Å². The van der Waals surface area contributed by atoms with E-state index in [0.29, 0.717) is 0 Å². The van der Waals surface area contributed by atoms with E-state index in [-0.39, 0.29) is 18.4 Å². The van der Waals surface area contributed by atoms with Crippen molar-refractivity contribution in [3.63, 3.8) is 0 Å². The summed E-state index contributed by atoms with van der Waals surface area (Å²) in [7, 11) is 0. The minimum Gasteiger partial charge on any atom is -0.373 e. The molecule has 1 aromatic rings. The highest BCUT2D eigenvalue weighted by Crippen LogP contribution is 2.19. The monoisotopic (exact) mass is 325 g/mol. The Morgan fingerprint density at radius 1 is 1.42 bits per heavy atom. The van der Waals surface area contributed by atoms with E-state index in [9.17, 15) is 9.59 Å². The van der Waals surface area contributed by atoms with Gasteiger partial charge in [0.25, 0.3) is 0 Å². The van der Waals surface area contributed by atoms with Gasteiger partial charge in [0, 0.05) is 16.2 Å². The van der Waals surface area contributed by atoms with Gasteiger partial charge in [0.15, 0.2) is 0 Å². The van der Waals surface area contributed by atoms with Crippen LogP contribution in [0.1, 0.15) is 19.3 Å². The maximum Gasteiger partial charge on any atom is 0.240 e. The Hall–Kier alpha value is -1.56. The average molecular weight is 326 g/mol. The number of nitrogens with two attached hydrogens (primary N) is 1. The lowest BCUT2D eigenvalue weighted by Crippen LogP contribution is -2.40. The van der Waals surface area contributed by atoms with E-state index >= 15 is 0 Å². The fraction of sp³-hybridized carbons (Fsp3) is 0.385. The number of hydrogen-bond acceptors (Lipinski definition) is 3. The lowest BCUT2D eigenvalue weighted by molar-refractivity contribution is -0.125. The smallest absolute Gasteiger partial charge is 0.240 e. The van der Waals surface area contributed by atoms with Gasteiger partial charge in [0.2, 0.25) is 11.8 Å². The Morgan fingerprint density at radius 3 is 2.74 bits per heavy atom. The molecule has 4 N–H and O–H groups in total. The molecule has 0 radical (unpaired) electrons. The second-order valence-electron chi connectivity index (χ2n) is 4.66. The minimum atomic E-state index is -0.701. The number of carbonyl (C=O) groups is 2. The third kappa shape index (κ3) is 4.55. The van der Waals surface area contributed by atoms with Crippen molar-refractivity contribution < 1.29 is 9.59 Å². The number of amides is 2. The Balaban J connectivity index is 1.95. The summed E-state index contributed by atoms with van der Waals surface area (Å²) in [5.74, 6) is -0.681. The van der Waals surface area contributed by atoms with Crippen LogP contribution in [0.25, 0.3) is 0 Å². The lowest BCUT2D eigenvalue weighted by atomic mass is 10.1.